The van der Waals surface area contributed by atoms with Gasteiger partial charge >= 0.3 is 5.97 Å². The second-order valence-corrected chi connectivity index (χ2v) is 4.61. The average molecular weight is 247 g/mol. The van der Waals surface area contributed by atoms with Gasteiger partial charge < -0.3 is 10.2 Å². The minimum absolute atomic E-state index is 0.122. The second kappa shape index (κ2) is 4.29. The first kappa shape index (κ1) is 12.8. The molecule has 5 heteroatoms. The third kappa shape index (κ3) is 2.44. The SMILES string of the molecule is CC(C)(CC(=O)O)c1c(Cl)ccc(F)c1O. The summed E-state index contributed by atoms with van der Waals surface area (Å²) in [6.45, 7) is 3.17. The van der Waals surface area contributed by atoms with Crippen molar-refractivity contribution in [1.82, 2.24) is 0 Å². The summed E-state index contributed by atoms with van der Waals surface area (Å²) in [7, 11) is 0. The minimum atomic E-state index is -1.04. The summed E-state index contributed by atoms with van der Waals surface area (Å²) in [5.41, 5.74) is -0.814. The maximum absolute atomic E-state index is 13.2. The minimum Gasteiger partial charge on any atom is -0.505 e. The fraction of sp³-hybridized carbons (Fsp3) is 0.364. The van der Waals surface area contributed by atoms with Gasteiger partial charge in [0.25, 0.3) is 0 Å². The lowest BCUT2D eigenvalue weighted by Crippen LogP contribution is -2.22. The van der Waals surface area contributed by atoms with Crippen LogP contribution in [0.4, 0.5) is 4.39 Å². The molecule has 0 amide bonds. The zero-order chi connectivity index (χ0) is 12.5. The van der Waals surface area contributed by atoms with E-state index in [2.05, 4.69) is 0 Å². The Balaban J connectivity index is 3.31. The molecule has 0 aliphatic rings. The van der Waals surface area contributed by atoms with Crippen LogP contribution in [0.15, 0.2) is 12.1 Å². The molecule has 1 aromatic rings. The Kier molecular flexibility index (Phi) is 3.43. The number of phenolic OH excluding ortho intramolecular Hbond substituents is 1. The standard InChI is InChI=1S/C11H12ClFO3/c1-11(2,5-8(14)15)9-6(12)3-4-7(13)10(9)16/h3-4,16H,5H2,1-2H3,(H,14,15). The zero-order valence-corrected chi connectivity index (χ0v) is 9.68. The number of hydrogen-bond donors (Lipinski definition) is 2. The van der Waals surface area contributed by atoms with Gasteiger partial charge in [0.2, 0.25) is 0 Å². The zero-order valence-electron chi connectivity index (χ0n) is 8.92. The summed E-state index contributed by atoms with van der Waals surface area (Å²) in [5, 5.41) is 18.5. The van der Waals surface area contributed by atoms with Gasteiger partial charge in [-0.3, -0.25) is 4.79 Å². The van der Waals surface area contributed by atoms with Crippen molar-refractivity contribution in [2.45, 2.75) is 25.7 Å². The van der Waals surface area contributed by atoms with Crippen LogP contribution in [0.5, 0.6) is 5.75 Å². The van der Waals surface area contributed by atoms with E-state index in [-0.39, 0.29) is 17.0 Å². The van der Waals surface area contributed by atoms with E-state index in [0.717, 1.165) is 6.07 Å². The van der Waals surface area contributed by atoms with Crippen LogP contribution in [0.1, 0.15) is 25.8 Å². The number of halogens is 2. The molecule has 0 unspecified atom stereocenters. The van der Waals surface area contributed by atoms with Gasteiger partial charge in [-0.1, -0.05) is 25.4 Å². The van der Waals surface area contributed by atoms with E-state index in [4.69, 9.17) is 16.7 Å². The summed E-state index contributed by atoms with van der Waals surface area (Å²) < 4.78 is 13.2. The smallest absolute Gasteiger partial charge is 0.304 e. The van der Waals surface area contributed by atoms with E-state index < -0.39 is 23.0 Å². The molecule has 0 fully saturated rings. The molecule has 0 heterocycles. The number of carboxylic acids is 1. The molecule has 1 aromatic carbocycles. The number of carbonyl (C=O) groups is 1. The molecule has 0 aliphatic carbocycles. The number of aliphatic carboxylic acids is 1. The van der Waals surface area contributed by atoms with E-state index in [1.807, 2.05) is 0 Å². The third-order valence-electron chi connectivity index (χ3n) is 2.35. The normalized spacial score (nSPS) is 11.5. The molecule has 16 heavy (non-hydrogen) atoms. The number of benzene rings is 1. The Morgan fingerprint density at radius 2 is 2.06 bits per heavy atom. The Labute approximate surface area is 97.5 Å². The monoisotopic (exact) mass is 246 g/mol. The lowest BCUT2D eigenvalue weighted by Gasteiger charge is -2.25. The van der Waals surface area contributed by atoms with Crippen molar-refractivity contribution in [3.05, 3.63) is 28.5 Å². The summed E-state index contributed by atoms with van der Waals surface area (Å²) >= 11 is 5.85. The van der Waals surface area contributed by atoms with Crippen molar-refractivity contribution in [2.75, 3.05) is 0 Å². The first-order valence-electron chi connectivity index (χ1n) is 4.65. The van der Waals surface area contributed by atoms with Gasteiger partial charge in [0.05, 0.1) is 6.42 Å². The molecule has 0 saturated heterocycles. The summed E-state index contributed by atoms with van der Waals surface area (Å²) in [4.78, 5) is 10.7. The van der Waals surface area contributed by atoms with Gasteiger partial charge in [0, 0.05) is 16.0 Å². The molecule has 0 bridgehead atoms. The van der Waals surface area contributed by atoms with Crippen LogP contribution in [0.25, 0.3) is 0 Å². The molecule has 1 rings (SSSR count). The first-order valence-corrected chi connectivity index (χ1v) is 5.03. The number of rotatable bonds is 3. The van der Waals surface area contributed by atoms with Gasteiger partial charge in [0.15, 0.2) is 11.6 Å². The molecule has 0 aliphatic heterocycles. The van der Waals surface area contributed by atoms with Crippen LogP contribution in [-0.4, -0.2) is 16.2 Å². The number of carboxylic acid groups (broad SMARTS) is 1. The van der Waals surface area contributed by atoms with Crippen molar-refractivity contribution in [2.24, 2.45) is 0 Å². The quantitative estimate of drug-likeness (QED) is 0.862. The van der Waals surface area contributed by atoms with E-state index in [0.29, 0.717) is 0 Å². The lowest BCUT2D eigenvalue weighted by molar-refractivity contribution is -0.138. The van der Waals surface area contributed by atoms with Crippen molar-refractivity contribution in [3.63, 3.8) is 0 Å². The van der Waals surface area contributed by atoms with Gasteiger partial charge in [-0.15, -0.1) is 0 Å². The third-order valence-corrected chi connectivity index (χ3v) is 2.66. The molecule has 88 valence electrons. The van der Waals surface area contributed by atoms with Gasteiger partial charge in [-0.25, -0.2) is 4.39 Å². The highest BCUT2D eigenvalue weighted by atomic mass is 35.5. The lowest BCUT2D eigenvalue weighted by atomic mass is 9.81. The summed E-state index contributed by atoms with van der Waals surface area (Å²) in [6, 6.07) is 2.34. The van der Waals surface area contributed by atoms with Crippen LogP contribution in [0, 0.1) is 5.82 Å². The summed E-state index contributed by atoms with van der Waals surface area (Å²) in [5.74, 6) is -2.43. The molecule has 0 radical (unpaired) electrons. The van der Waals surface area contributed by atoms with Crippen LogP contribution >= 0.6 is 11.6 Å². The van der Waals surface area contributed by atoms with E-state index >= 15 is 0 Å². The Bertz CT molecular complexity index is 429. The van der Waals surface area contributed by atoms with Gasteiger partial charge in [-0.05, 0) is 12.1 Å². The number of hydrogen-bond acceptors (Lipinski definition) is 2. The topological polar surface area (TPSA) is 57.5 Å². The van der Waals surface area contributed by atoms with Crippen LogP contribution in [0.2, 0.25) is 5.02 Å². The van der Waals surface area contributed by atoms with Crippen LogP contribution in [0.3, 0.4) is 0 Å². The predicted octanol–water partition coefficient (Wildman–Crippen LogP) is 2.94. The predicted molar refractivity (Wildman–Crippen MR) is 58.4 cm³/mol. The molecule has 0 atom stereocenters. The Morgan fingerprint density at radius 3 is 2.56 bits per heavy atom. The van der Waals surface area contributed by atoms with Crippen molar-refractivity contribution in [1.29, 1.82) is 0 Å². The van der Waals surface area contributed by atoms with Crippen molar-refractivity contribution < 1.29 is 19.4 Å². The summed E-state index contributed by atoms with van der Waals surface area (Å²) in [6.07, 6.45) is -0.246. The molecule has 2 N–H and O–H groups in total. The highest BCUT2D eigenvalue weighted by Crippen LogP contribution is 2.40. The average Bonchev–Trinajstić information content (AvgIpc) is 2.09. The van der Waals surface area contributed by atoms with Crippen LogP contribution < -0.4 is 0 Å². The van der Waals surface area contributed by atoms with E-state index in [9.17, 15) is 14.3 Å². The molecular weight excluding hydrogens is 235 g/mol. The fourth-order valence-electron chi connectivity index (χ4n) is 1.65. The molecule has 0 aromatic heterocycles. The fourth-order valence-corrected chi connectivity index (χ4v) is 2.06. The molecule has 3 nitrogen and oxygen atoms in total. The van der Waals surface area contributed by atoms with Gasteiger partial charge in [-0.2, -0.15) is 0 Å². The Morgan fingerprint density at radius 1 is 1.50 bits per heavy atom. The van der Waals surface area contributed by atoms with Crippen molar-refractivity contribution >= 4 is 17.6 Å². The van der Waals surface area contributed by atoms with Crippen LogP contribution in [-0.2, 0) is 10.2 Å². The second-order valence-electron chi connectivity index (χ2n) is 4.21. The largest absolute Gasteiger partial charge is 0.505 e. The first-order chi connectivity index (χ1) is 7.25. The number of phenols is 1. The van der Waals surface area contributed by atoms with E-state index in [1.165, 1.54) is 6.07 Å². The van der Waals surface area contributed by atoms with E-state index in [1.54, 1.807) is 13.8 Å². The van der Waals surface area contributed by atoms with Crippen molar-refractivity contribution in [3.8, 4) is 5.75 Å². The Hall–Kier alpha value is -1.29. The highest BCUT2D eigenvalue weighted by Gasteiger charge is 2.30. The highest BCUT2D eigenvalue weighted by molar-refractivity contribution is 6.31. The number of aromatic hydroxyl groups is 1. The maximum atomic E-state index is 13.2. The molecule has 0 saturated carbocycles. The van der Waals surface area contributed by atoms with Gasteiger partial charge in [0.1, 0.15) is 0 Å². The molecular formula is C11H12ClFO3. The maximum Gasteiger partial charge on any atom is 0.304 e. The molecule has 0 spiro atoms.